The molecule has 0 aliphatic carbocycles. The van der Waals surface area contributed by atoms with Crippen molar-refractivity contribution < 1.29 is 24.2 Å². The van der Waals surface area contributed by atoms with E-state index >= 15 is 0 Å². The molecule has 7 nitrogen and oxygen atoms in total. The van der Waals surface area contributed by atoms with E-state index in [1.54, 1.807) is 67.8 Å². The van der Waals surface area contributed by atoms with E-state index in [2.05, 4.69) is 0 Å². The third-order valence-electron chi connectivity index (χ3n) is 5.76. The molecule has 0 spiro atoms. The van der Waals surface area contributed by atoms with Gasteiger partial charge in [0.1, 0.15) is 17.3 Å². The second kappa shape index (κ2) is 9.12. The van der Waals surface area contributed by atoms with Gasteiger partial charge in [-0.3, -0.25) is 14.5 Å². The highest BCUT2D eigenvalue weighted by Crippen LogP contribution is 2.43. The lowest BCUT2D eigenvalue weighted by atomic mass is 9.94. The Bertz CT molecular complexity index is 1330. The molecule has 7 heteroatoms. The van der Waals surface area contributed by atoms with Crippen molar-refractivity contribution in [2.45, 2.75) is 13.0 Å². The van der Waals surface area contributed by atoms with Crippen LogP contribution in [0.4, 0.5) is 5.69 Å². The Hall–Kier alpha value is -4.57. The third kappa shape index (κ3) is 3.86. The van der Waals surface area contributed by atoms with Gasteiger partial charge in [-0.15, -0.1) is 0 Å². The summed E-state index contributed by atoms with van der Waals surface area (Å²) in [7, 11) is 3.01. The maximum absolute atomic E-state index is 13.3. The molecule has 3 aromatic rings. The molecule has 4 rings (SSSR count). The number of carbonyl (C=O) groups excluding carboxylic acids is 2. The summed E-state index contributed by atoms with van der Waals surface area (Å²) >= 11 is 0. The van der Waals surface area contributed by atoms with Gasteiger partial charge in [0, 0.05) is 5.69 Å². The standard InChI is InChI=1S/C27H22N2O5/c1-16-4-13-22(34-3)21(14-16)25(30)23-24(18-7-11-20(33-2)12-8-18)29(27(32)26(23)31)19-9-5-17(15-28)6-10-19/h4-14,24,30H,1-3H3/b25-23+. The van der Waals surface area contributed by atoms with Crippen LogP contribution in [-0.2, 0) is 9.59 Å². The average molecular weight is 454 g/mol. The predicted octanol–water partition coefficient (Wildman–Crippen LogP) is 4.51. The molecule has 1 saturated heterocycles. The number of nitriles is 1. The van der Waals surface area contributed by atoms with Crippen LogP contribution in [0, 0.1) is 18.3 Å². The van der Waals surface area contributed by atoms with Gasteiger partial charge in [0.05, 0.1) is 43.0 Å². The molecule has 1 heterocycles. The Morgan fingerprint density at radius 2 is 1.65 bits per heavy atom. The lowest BCUT2D eigenvalue weighted by Crippen LogP contribution is -2.29. The van der Waals surface area contributed by atoms with Crippen molar-refractivity contribution in [3.05, 3.63) is 94.6 Å². The monoisotopic (exact) mass is 454 g/mol. The van der Waals surface area contributed by atoms with Gasteiger partial charge >= 0.3 is 0 Å². The van der Waals surface area contributed by atoms with Gasteiger partial charge < -0.3 is 14.6 Å². The lowest BCUT2D eigenvalue weighted by Gasteiger charge is -2.25. The van der Waals surface area contributed by atoms with Crippen molar-refractivity contribution in [2.75, 3.05) is 19.1 Å². The molecule has 0 radical (unpaired) electrons. The van der Waals surface area contributed by atoms with E-state index < -0.39 is 17.7 Å². The third-order valence-corrected chi connectivity index (χ3v) is 5.76. The first kappa shape index (κ1) is 22.6. The topological polar surface area (TPSA) is 99.9 Å². The van der Waals surface area contributed by atoms with Gasteiger partial charge in [0.2, 0.25) is 0 Å². The number of aryl methyl sites for hydroxylation is 1. The lowest BCUT2D eigenvalue weighted by molar-refractivity contribution is -0.132. The number of rotatable bonds is 5. The molecule has 1 fully saturated rings. The van der Waals surface area contributed by atoms with Gasteiger partial charge in [-0.1, -0.05) is 23.8 Å². The zero-order valence-corrected chi connectivity index (χ0v) is 18.9. The van der Waals surface area contributed by atoms with Crippen LogP contribution in [0.2, 0.25) is 0 Å². The molecular formula is C27H22N2O5. The normalized spacial score (nSPS) is 16.9. The number of nitrogens with zero attached hydrogens (tertiary/aromatic N) is 2. The number of anilines is 1. The largest absolute Gasteiger partial charge is 0.507 e. The van der Waals surface area contributed by atoms with Crippen LogP contribution in [0.25, 0.3) is 5.76 Å². The minimum atomic E-state index is -0.899. The summed E-state index contributed by atoms with van der Waals surface area (Å²) in [4.78, 5) is 27.9. The van der Waals surface area contributed by atoms with Crippen molar-refractivity contribution in [2.24, 2.45) is 0 Å². The highest BCUT2D eigenvalue weighted by Gasteiger charge is 2.47. The zero-order chi connectivity index (χ0) is 24.4. The highest BCUT2D eigenvalue weighted by atomic mass is 16.5. The number of ether oxygens (including phenoxy) is 2. The van der Waals surface area contributed by atoms with Gasteiger partial charge in [0.25, 0.3) is 11.7 Å². The Labute approximate surface area is 197 Å². The smallest absolute Gasteiger partial charge is 0.300 e. The van der Waals surface area contributed by atoms with E-state index in [1.807, 2.05) is 19.1 Å². The SMILES string of the molecule is COc1ccc(C2/C(=C(\O)c3cc(C)ccc3OC)C(=O)C(=O)N2c2ccc(C#N)cc2)cc1. The molecular weight excluding hydrogens is 432 g/mol. The van der Waals surface area contributed by atoms with Crippen LogP contribution in [-0.4, -0.2) is 31.0 Å². The second-order valence-electron chi connectivity index (χ2n) is 7.80. The molecule has 34 heavy (non-hydrogen) atoms. The summed E-state index contributed by atoms with van der Waals surface area (Å²) in [5.74, 6) is -0.929. The number of benzene rings is 3. The molecule has 0 bridgehead atoms. The Balaban J connectivity index is 1.96. The van der Waals surface area contributed by atoms with Crippen molar-refractivity contribution in [3.63, 3.8) is 0 Å². The highest BCUT2D eigenvalue weighted by molar-refractivity contribution is 6.51. The number of hydrogen-bond donors (Lipinski definition) is 1. The number of aliphatic hydroxyl groups excluding tert-OH is 1. The molecule has 3 aromatic carbocycles. The van der Waals surface area contributed by atoms with Crippen LogP contribution in [0.5, 0.6) is 11.5 Å². The number of Topliss-reactive ketones (excluding diaryl/α,β-unsaturated/α-hetero) is 1. The molecule has 1 aliphatic rings. The number of amides is 1. The minimum Gasteiger partial charge on any atom is -0.507 e. The van der Waals surface area contributed by atoms with E-state index in [9.17, 15) is 14.7 Å². The van der Waals surface area contributed by atoms with Gasteiger partial charge in [-0.25, -0.2) is 0 Å². The number of carbonyl (C=O) groups is 2. The van der Waals surface area contributed by atoms with Crippen molar-refractivity contribution in [1.29, 1.82) is 5.26 Å². The zero-order valence-electron chi connectivity index (χ0n) is 18.9. The first-order valence-corrected chi connectivity index (χ1v) is 10.5. The van der Waals surface area contributed by atoms with Gasteiger partial charge in [-0.05, 0) is 61.0 Å². The number of aliphatic hydroxyl groups is 1. The molecule has 1 atom stereocenters. The van der Waals surface area contributed by atoms with E-state index in [4.69, 9.17) is 14.7 Å². The van der Waals surface area contributed by atoms with Crippen LogP contribution >= 0.6 is 0 Å². The summed E-state index contributed by atoms with van der Waals surface area (Å²) in [6, 6.07) is 19.7. The first-order chi connectivity index (χ1) is 16.4. The van der Waals surface area contributed by atoms with Crippen molar-refractivity contribution in [1.82, 2.24) is 0 Å². The van der Waals surface area contributed by atoms with Gasteiger partial charge in [-0.2, -0.15) is 5.26 Å². The molecule has 1 unspecified atom stereocenters. The maximum atomic E-state index is 13.3. The quantitative estimate of drug-likeness (QED) is 0.346. The summed E-state index contributed by atoms with van der Waals surface area (Å²) in [6.45, 7) is 1.85. The van der Waals surface area contributed by atoms with Crippen LogP contribution in [0.1, 0.15) is 28.3 Å². The fraction of sp³-hybridized carbons (Fsp3) is 0.148. The first-order valence-electron chi connectivity index (χ1n) is 10.5. The number of methoxy groups -OCH3 is 2. The maximum Gasteiger partial charge on any atom is 0.300 e. The van der Waals surface area contributed by atoms with Crippen LogP contribution in [0.15, 0.2) is 72.3 Å². The second-order valence-corrected chi connectivity index (χ2v) is 7.80. The fourth-order valence-electron chi connectivity index (χ4n) is 4.05. The predicted molar refractivity (Wildman–Crippen MR) is 127 cm³/mol. The van der Waals surface area contributed by atoms with Crippen molar-refractivity contribution >= 4 is 23.1 Å². The summed E-state index contributed by atoms with van der Waals surface area (Å²) < 4.78 is 10.6. The molecule has 1 amide bonds. The minimum absolute atomic E-state index is 0.0524. The summed E-state index contributed by atoms with van der Waals surface area (Å²) in [6.07, 6.45) is 0. The summed E-state index contributed by atoms with van der Waals surface area (Å²) in [5, 5.41) is 20.5. The molecule has 1 N–H and O–H groups in total. The Morgan fingerprint density at radius 1 is 0.971 bits per heavy atom. The summed E-state index contributed by atoms with van der Waals surface area (Å²) in [5.41, 5.74) is 2.58. The number of hydrogen-bond acceptors (Lipinski definition) is 6. The van der Waals surface area contributed by atoms with E-state index in [0.717, 1.165) is 5.56 Å². The van der Waals surface area contributed by atoms with E-state index in [1.165, 1.54) is 12.0 Å². The Morgan fingerprint density at radius 3 is 2.24 bits per heavy atom. The molecule has 0 aromatic heterocycles. The number of ketones is 1. The molecule has 1 aliphatic heterocycles. The van der Waals surface area contributed by atoms with Crippen LogP contribution < -0.4 is 14.4 Å². The average Bonchev–Trinajstić information content (AvgIpc) is 3.13. The van der Waals surface area contributed by atoms with Gasteiger partial charge in [0.15, 0.2) is 0 Å². The van der Waals surface area contributed by atoms with E-state index in [-0.39, 0.29) is 11.3 Å². The van der Waals surface area contributed by atoms with Crippen LogP contribution in [0.3, 0.4) is 0 Å². The van der Waals surface area contributed by atoms with Crippen molar-refractivity contribution in [3.8, 4) is 17.6 Å². The fourth-order valence-corrected chi connectivity index (χ4v) is 4.05. The molecule has 170 valence electrons. The Kier molecular flexibility index (Phi) is 6.07. The molecule has 0 saturated carbocycles. The van der Waals surface area contributed by atoms with E-state index in [0.29, 0.717) is 33.9 Å².